The molecule has 7 atom stereocenters. The molecular formula is C20H21Cl2FN3O9P. The molecule has 1 fully saturated rings. The monoisotopic (exact) mass is 567 g/mol. The van der Waals surface area contributed by atoms with Gasteiger partial charge in [0.2, 0.25) is 0 Å². The first kappa shape index (κ1) is 28.2. The van der Waals surface area contributed by atoms with Crippen molar-refractivity contribution < 1.29 is 37.9 Å². The molecule has 12 nitrogen and oxygen atoms in total. The molecule has 0 radical (unpaired) electrons. The van der Waals surface area contributed by atoms with E-state index in [1.807, 2.05) is 4.98 Å². The Labute approximate surface area is 214 Å². The predicted octanol–water partition coefficient (Wildman–Crippen LogP) is 1.67. The molecule has 1 aliphatic heterocycles. The van der Waals surface area contributed by atoms with E-state index in [0.717, 1.165) is 30.9 Å². The fourth-order valence-electron chi connectivity index (χ4n) is 3.31. The van der Waals surface area contributed by atoms with E-state index in [1.54, 1.807) is 0 Å². The molecule has 0 bridgehead atoms. The zero-order valence-electron chi connectivity index (χ0n) is 19.0. The minimum absolute atomic E-state index is 0.00454. The van der Waals surface area contributed by atoms with Crippen LogP contribution in [0.5, 0.6) is 5.75 Å². The molecule has 196 valence electrons. The van der Waals surface area contributed by atoms with E-state index in [0.29, 0.717) is 0 Å². The predicted molar refractivity (Wildman–Crippen MR) is 124 cm³/mol. The first-order valence-corrected chi connectivity index (χ1v) is 12.1. The number of alkyl halides is 1. The molecule has 1 aromatic heterocycles. The minimum atomic E-state index is -3.00. The molecule has 2 aromatic rings. The Morgan fingerprint density at radius 1 is 1.39 bits per heavy atom. The normalized spacial score (nSPS) is 25.9. The van der Waals surface area contributed by atoms with Gasteiger partial charge in [-0.2, -0.15) is 0 Å². The van der Waals surface area contributed by atoms with Gasteiger partial charge >= 0.3 is 19.8 Å². The van der Waals surface area contributed by atoms with Crippen LogP contribution in [0.1, 0.15) is 20.1 Å². The molecule has 16 heteroatoms. The Hall–Kier alpha value is -2.38. The van der Waals surface area contributed by atoms with E-state index in [1.165, 1.54) is 25.1 Å². The van der Waals surface area contributed by atoms with Gasteiger partial charge in [-0.05, 0) is 32.0 Å². The summed E-state index contributed by atoms with van der Waals surface area (Å²) >= 11 is 12.0. The summed E-state index contributed by atoms with van der Waals surface area (Å²) in [7, 11) is -1.89. The van der Waals surface area contributed by atoms with Crippen LogP contribution in [0.2, 0.25) is 10.0 Å². The molecule has 2 N–H and O–H groups in total. The fourth-order valence-corrected chi connectivity index (χ4v) is 4.53. The average Bonchev–Trinajstić information content (AvgIpc) is 3.03. The summed E-state index contributed by atoms with van der Waals surface area (Å²) in [4.78, 5) is 49.8. The third-order valence-electron chi connectivity index (χ3n) is 5.17. The summed E-state index contributed by atoms with van der Waals surface area (Å²) in [6, 6.07) is 3.85. The van der Waals surface area contributed by atoms with Crippen LogP contribution in [-0.2, 0) is 18.8 Å². The van der Waals surface area contributed by atoms with Gasteiger partial charge < -0.3 is 24.2 Å². The van der Waals surface area contributed by atoms with Crippen molar-refractivity contribution in [1.82, 2.24) is 9.55 Å². The number of nitrogens with one attached hydrogen (secondary N) is 1. The maximum absolute atomic E-state index is 15.7. The number of aliphatic hydroxyl groups excluding tert-OH is 1. The largest absolute Gasteiger partial charge is 0.583 e. The van der Waals surface area contributed by atoms with E-state index < -0.39 is 61.8 Å². The Bertz CT molecular complexity index is 1270. The van der Waals surface area contributed by atoms with Crippen molar-refractivity contribution in [3.05, 3.63) is 61.3 Å². The molecule has 0 amide bonds. The molecule has 36 heavy (non-hydrogen) atoms. The number of aromatic nitrogens is 2. The standard InChI is InChI=1S/C20H21Cl2FN3O9P/c1-9(16(29)32-3)25-36(31)35-17(33-12-5-4-10(21)8-11(12)22)14-15(28)20(2,23)18(34-14)26-7-6-13(27)24-19(26)30/h4-9,14-15,17-18,28H,1-3H3,(H,24,27,30)/t9-,14+,15+,17?,18?,20+/m0/s1. The second kappa shape index (κ2) is 11.3. The molecule has 3 rings (SSSR count). The number of rotatable bonds is 8. The van der Waals surface area contributed by atoms with Gasteiger partial charge in [0.25, 0.3) is 11.8 Å². The highest BCUT2D eigenvalue weighted by Crippen LogP contribution is 2.44. The van der Waals surface area contributed by atoms with Crippen molar-refractivity contribution in [1.29, 1.82) is 0 Å². The van der Waals surface area contributed by atoms with Gasteiger partial charge in [-0.3, -0.25) is 14.3 Å². The number of esters is 1. The van der Waals surface area contributed by atoms with E-state index in [4.69, 9.17) is 37.2 Å². The van der Waals surface area contributed by atoms with Gasteiger partial charge in [0.15, 0.2) is 24.0 Å². The van der Waals surface area contributed by atoms with Gasteiger partial charge in [0.05, 0.1) is 12.1 Å². The van der Waals surface area contributed by atoms with Gasteiger partial charge in [-0.15, -0.1) is 4.52 Å². The second-order valence-corrected chi connectivity index (χ2v) is 9.55. The second-order valence-electron chi connectivity index (χ2n) is 7.79. The van der Waals surface area contributed by atoms with Crippen LogP contribution in [0.3, 0.4) is 0 Å². The molecule has 1 saturated heterocycles. The number of methoxy groups -OCH3 is 1. The summed E-state index contributed by atoms with van der Waals surface area (Å²) in [6.45, 7) is 2.25. The van der Waals surface area contributed by atoms with Crippen molar-refractivity contribution in [2.75, 3.05) is 7.11 Å². The third-order valence-corrected chi connectivity index (χ3v) is 6.62. The van der Waals surface area contributed by atoms with Gasteiger partial charge in [0, 0.05) is 17.3 Å². The fraction of sp³-hybridized carbons (Fsp3) is 0.450. The number of carbonyl (C=O) groups is 1. The number of nitrogens with zero attached hydrogens (tertiary/aromatic N) is 2. The highest BCUT2D eigenvalue weighted by atomic mass is 35.5. The Morgan fingerprint density at radius 3 is 2.69 bits per heavy atom. The first-order valence-electron chi connectivity index (χ1n) is 10.2. The molecular weight excluding hydrogens is 547 g/mol. The first-order chi connectivity index (χ1) is 16.8. The number of halogens is 3. The minimum Gasteiger partial charge on any atom is -0.583 e. The molecule has 0 saturated carbocycles. The molecule has 0 aliphatic carbocycles. The number of carbonyl (C=O) groups excluding carboxylic acids is 1. The molecule has 0 spiro atoms. The van der Waals surface area contributed by atoms with Gasteiger partial charge in [-0.25, -0.2) is 14.0 Å². The summed E-state index contributed by atoms with van der Waals surface area (Å²) in [5.74, 6) is -0.859. The van der Waals surface area contributed by atoms with Crippen molar-refractivity contribution in [3.8, 4) is 5.75 Å². The number of benzene rings is 1. The van der Waals surface area contributed by atoms with Crippen LogP contribution in [0.4, 0.5) is 4.39 Å². The highest BCUT2D eigenvalue weighted by Gasteiger charge is 2.59. The van der Waals surface area contributed by atoms with Crippen molar-refractivity contribution in [2.24, 2.45) is 4.74 Å². The summed E-state index contributed by atoms with van der Waals surface area (Å²) in [5, 5.41) is 11.0. The number of hydrogen-bond donors (Lipinski definition) is 2. The lowest BCUT2D eigenvalue weighted by Crippen LogP contribution is -2.46. The van der Waals surface area contributed by atoms with E-state index in [9.17, 15) is 24.4 Å². The molecule has 2 heterocycles. The van der Waals surface area contributed by atoms with E-state index in [-0.39, 0.29) is 15.8 Å². The zero-order valence-corrected chi connectivity index (χ0v) is 21.4. The molecule has 1 aromatic carbocycles. The topological polar surface area (TPSA) is 164 Å². The number of ether oxygens (including phenoxy) is 3. The number of hydrogen-bond acceptors (Lipinski definition) is 10. The lowest BCUT2D eigenvalue weighted by atomic mass is 9.98. The van der Waals surface area contributed by atoms with Crippen molar-refractivity contribution in [2.45, 2.75) is 50.3 Å². The quantitative estimate of drug-likeness (QED) is 0.274. The van der Waals surface area contributed by atoms with Crippen LogP contribution >= 0.6 is 31.4 Å². The third kappa shape index (κ3) is 6.12. The van der Waals surface area contributed by atoms with E-state index >= 15 is 4.39 Å². The number of H-pyrrole nitrogens is 1. The van der Waals surface area contributed by atoms with Gasteiger partial charge in [-0.1, -0.05) is 27.9 Å². The van der Waals surface area contributed by atoms with Crippen LogP contribution in [-0.4, -0.2) is 57.9 Å². The van der Waals surface area contributed by atoms with Crippen molar-refractivity contribution >= 4 is 37.3 Å². The number of aromatic amines is 1. The molecule has 1 aliphatic rings. The van der Waals surface area contributed by atoms with Crippen LogP contribution in [0, 0.1) is 0 Å². The van der Waals surface area contributed by atoms with E-state index in [2.05, 4.69) is 9.48 Å². The highest BCUT2D eigenvalue weighted by molar-refractivity contribution is 7.33. The lowest BCUT2D eigenvalue weighted by molar-refractivity contribution is -0.206. The maximum atomic E-state index is 15.7. The van der Waals surface area contributed by atoms with Crippen molar-refractivity contribution in [3.63, 3.8) is 0 Å². The Kier molecular flexibility index (Phi) is 8.88. The zero-order chi connectivity index (χ0) is 26.8. The lowest BCUT2D eigenvalue weighted by Gasteiger charge is -2.25. The smallest absolute Gasteiger partial charge is 0.346 e. The number of aliphatic hydroxyl groups is 1. The van der Waals surface area contributed by atoms with Crippen LogP contribution < -0.4 is 20.9 Å². The van der Waals surface area contributed by atoms with Gasteiger partial charge in [0.1, 0.15) is 11.9 Å². The van der Waals surface area contributed by atoms with Crippen LogP contribution in [0.25, 0.3) is 0 Å². The summed E-state index contributed by atoms with van der Waals surface area (Å²) in [6.07, 6.45) is -6.27. The Balaban J connectivity index is 1.99. The summed E-state index contributed by atoms with van der Waals surface area (Å²) < 4.78 is 41.1. The average molecular weight is 568 g/mol. The SMILES string of the molecule is COC(=O)[C@H](C)N=[P+]([O-])OC(Oc1ccc(Cl)cc1Cl)[C@@H]1OC(n2ccc(=O)[nH]c2=O)[C@](C)(F)[C@@H]1O. The summed E-state index contributed by atoms with van der Waals surface area (Å²) in [5.41, 5.74) is -4.35. The Morgan fingerprint density at radius 2 is 2.08 bits per heavy atom. The van der Waals surface area contributed by atoms with Crippen LogP contribution in [0.15, 0.2) is 44.8 Å². The molecule has 3 unspecified atom stereocenters. The maximum Gasteiger partial charge on any atom is 0.346 e.